The molecular formula is C19H19Cl2FN2O. The summed E-state index contributed by atoms with van der Waals surface area (Å²) in [5.41, 5.74) is 2.94. The summed E-state index contributed by atoms with van der Waals surface area (Å²) < 4.78 is 13.8. The van der Waals surface area contributed by atoms with E-state index in [9.17, 15) is 9.18 Å². The van der Waals surface area contributed by atoms with Crippen molar-refractivity contribution >= 4 is 35.2 Å². The lowest BCUT2D eigenvalue weighted by molar-refractivity contribution is 0.111. The summed E-state index contributed by atoms with van der Waals surface area (Å²) >= 11 is 12.3. The first-order valence-corrected chi connectivity index (χ1v) is 8.90. The van der Waals surface area contributed by atoms with Gasteiger partial charge in [0, 0.05) is 48.5 Å². The highest BCUT2D eigenvalue weighted by atomic mass is 35.5. The zero-order valence-corrected chi connectivity index (χ0v) is 15.4. The van der Waals surface area contributed by atoms with Crippen LogP contribution in [0.5, 0.6) is 0 Å². The highest BCUT2D eigenvalue weighted by Crippen LogP contribution is 2.25. The first-order valence-electron chi connectivity index (χ1n) is 8.14. The van der Waals surface area contributed by atoms with Gasteiger partial charge in [0.15, 0.2) is 6.29 Å². The van der Waals surface area contributed by atoms with Crippen LogP contribution in [0, 0.1) is 12.7 Å². The Labute approximate surface area is 156 Å². The van der Waals surface area contributed by atoms with Gasteiger partial charge < -0.3 is 4.90 Å². The van der Waals surface area contributed by atoms with E-state index < -0.39 is 5.82 Å². The number of carbonyl (C=O) groups excluding carboxylic acids is 1. The summed E-state index contributed by atoms with van der Waals surface area (Å²) in [6.45, 7) is 6.05. The summed E-state index contributed by atoms with van der Waals surface area (Å²) in [6, 6.07) is 8.82. The fourth-order valence-electron chi connectivity index (χ4n) is 3.05. The molecule has 1 aliphatic heterocycles. The standard InChI is InChI=1S/C19H19Cl2FN2O/c1-13-8-16(2-3-17(13)20)24-6-4-23(5-7-24)11-14-10-19(22)15(12-25)9-18(14)21/h2-3,8-10,12H,4-7,11H2,1H3. The third-order valence-corrected chi connectivity index (χ3v) is 5.34. The van der Waals surface area contributed by atoms with Crippen molar-refractivity contribution in [3.05, 3.63) is 62.9 Å². The summed E-state index contributed by atoms with van der Waals surface area (Å²) in [7, 11) is 0. The molecule has 0 amide bonds. The largest absolute Gasteiger partial charge is 0.369 e. The molecule has 0 saturated carbocycles. The number of aryl methyl sites for hydroxylation is 1. The van der Waals surface area contributed by atoms with E-state index in [2.05, 4.69) is 15.9 Å². The summed E-state index contributed by atoms with van der Waals surface area (Å²) in [6.07, 6.45) is 0.484. The van der Waals surface area contributed by atoms with Crippen LogP contribution < -0.4 is 4.90 Å². The van der Waals surface area contributed by atoms with Crippen LogP contribution in [0.25, 0.3) is 0 Å². The Kier molecular flexibility index (Phi) is 5.62. The maximum atomic E-state index is 13.8. The molecular weight excluding hydrogens is 362 g/mol. The SMILES string of the molecule is Cc1cc(N2CCN(Cc3cc(F)c(C=O)cc3Cl)CC2)ccc1Cl. The Morgan fingerprint density at radius 1 is 1.08 bits per heavy atom. The molecule has 0 radical (unpaired) electrons. The van der Waals surface area contributed by atoms with Gasteiger partial charge in [-0.3, -0.25) is 9.69 Å². The molecule has 1 heterocycles. The van der Waals surface area contributed by atoms with Gasteiger partial charge in [-0.2, -0.15) is 0 Å². The van der Waals surface area contributed by atoms with Crippen LogP contribution in [-0.4, -0.2) is 37.4 Å². The number of rotatable bonds is 4. The Morgan fingerprint density at radius 3 is 2.44 bits per heavy atom. The molecule has 0 spiro atoms. The van der Waals surface area contributed by atoms with Gasteiger partial charge in [-0.25, -0.2) is 4.39 Å². The number of hydrogen-bond acceptors (Lipinski definition) is 3. The molecule has 1 saturated heterocycles. The van der Waals surface area contributed by atoms with Gasteiger partial charge in [-0.05, 0) is 48.4 Å². The van der Waals surface area contributed by atoms with Crippen molar-refractivity contribution in [2.24, 2.45) is 0 Å². The Balaban J connectivity index is 1.64. The average molecular weight is 381 g/mol. The highest BCUT2D eigenvalue weighted by Gasteiger charge is 2.19. The molecule has 25 heavy (non-hydrogen) atoms. The van der Waals surface area contributed by atoms with Crippen molar-refractivity contribution in [1.82, 2.24) is 4.90 Å². The lowest BCUT2D eigenvalue weighted by Crippen LogP contribution is -2.46. The van der Waals surface area contributed by atoms with E-state index in [1.165, 1.54) is 17.8 Å². The lowest BCUT2D eigenvalue weighted by Gasteiger charge is -2.36. The molecule has 0 bridgehead atoms. The summed E-state index contributed by atoms with van der Waals surface area (Å²) in [5, 5.41) is 1.21. The van der Waals surface area contributed by atoms with E-state index in [-0.39, 0.29) is 5.56 Å². The molecule has 0 aliphatic carbocycles. The maximum Gasteiger partial charge on any atom is 0.153 e. The average Bonchev–Trinajstić information content (AvgIpc) is 2.61. The van der Waals surface area contributed by atoms with Gasteiger partial charge in [-0.1, -0.05) is 23.2 Å². The normalized spacial score (nSPS) is 15.4. The van der Waals surface area contributed by atoms with Gasteiger partial charge in [0.05, 0.1) is 5.56 Å². The second-order valence-corrected chi connectivity index (χ2v) is 7.09. The maximum absolute atomic E-state index is 13.8. The van der Waals surface area contributed by atoms with Crippen LogP contribution in [0.4, 0.5) is 10.1 Å². The zero-order valence-electron chi connectivity index (χ0n) is 13.9. The number of carbonyl (C=O) groups is 1. The van der Waals surface area contributed by atoms with Gasteiger partial charge in [0.2, 0.25) is 0 Å². The molecule has 3 nitrogen and oxygen atoms in total. The van der Waals surface area contributed by atoms with Crippen LogP contribution in [0.1, 0.15) is 21.5 Å². The number of aldehydes is 1. The van der Waals surface area contributed by atoms with E-state index in [1.54, 1.807) is 0 Å². The fourth-order valence-corrected chi connectivity index (χ4v) is 3.39. The Morgan fingerprint density at radius 2 is 1.80 bits per heavy atom. The summed E-state index contributed by atoms with van der Waals surface area (Å²) in [4.78, 5) is 15.3. The predicted octanol–water partition coefficient (Wildman–Crippen LogP) is 4.58. The number of halogens is 3. The van der Waals surface area contributed by atoms with Crippen LogP contribution in [-0.2, 0) is 6.54 Å². The summed E-state index contributed by atoms with van der Waals surface area (Å²) in [5.74, 6) is -0.523. The van der Waals surface area contributed by atoms with Gasteiger partial charge >= 0.3 is 0 Å². The van der Waals surface area contributed by atoms with Gasteiger partial charge in [-0.15, -0.1) is 0 Å². The van der Waals surface area contributed by atoms with E-state index >= 15 is 0 Å². The molecule has 0 atom stereocenters. The van der Waals surface area contributed by atoms with E-state index in [4.69, 9.17) is 23.2 Å². The minimum atomic E-state index is -0.523. The third-order valence-electron chi connectivity index (χ3n) is 4.57. The molecule has 0 unspecified atom stereocenters. The molecule has 0 aromatic heterocycles. The van der Waals surface area contributed by atoms with E-state index in [0.29, 0.717) is 23.4 Å². The van der Waals surface area contributed by atoms with Crippen molar-refractivity contribution in [1.29, 1.82) is 0 Å². The zero-order chi connectivity index (χ0) is 18.0. The number of anilines is 1. The smallest absolute Gasteiger partial charge is 0.153 e. The predicted molar refractivity (Wildman–Crippen MR) is 100 cm³/mol. The number of nitrogens with zero attached hydrogens (tertiary/aromatic N) is 2. The monoisotopic (exact) mass is 380 g/mol. The second-order valence-electron chi connectivity index (χ2n) is 6.28. The molecule has 6 heteroatoms. The molecule has 2 aromatic rings. The number of benzene rings is 2. The minimum Gasteiger partial charge on any atom is -0.369 e. The van der Waals surface area contributed by atoms with Gasteiger partial charge in [0.1, 0.15) is 5.82 Å². The Bertz CT molecular complexity index is 789. The van der Waals surface area contributed by atoms with Crippen molar-refractivity contribution in [3.63, 3.8) is 0 Å². The molecule has 1 aliphatic rings. The van der Waals surface area contributed by atoms with Crippen molar-refractivity contribution in [2.45, 2.75) is 13.5 Å². The number of piperazine rings is 1. The molecule has 132 valence electrons. The third kappa shape index (κ3) is 4.14. The molecule has 0 N–H and O–H groups in total. The van der Waals surface area contributed by atoms with Crippen LogP contribution in [0.3, 0.4) is 0 Å². The fraction of sp³-hybridized carbons (Fsp3) is 0.316. The van der Waals surface area contributed by atoms with Crippen LogP contribution in [0.15, 0.2) is 30.3 Å². The van der Waals surface area contributed by atoms with E-state index in [1.807, 2.05) is 19.1 Å². The van der Waals surface area contributed by atoms with Crippen LogP contribution in [0.2, 0.25) is 10.0 Å². The highest BCUT2D eigenvalue weighted by molar-refractivity contribution is 6.31. The molecule has 3 rings (SSSR count). The first-order chi connectivity index (χ1) is 12.0. The Hall–Kier alpha value is -1.62. The van der Waals surface area contributed by atoms with E-state index in [0.717, 1.165) is 36.8 Å². The van der Waals surface area contributed by atoms with Crippen LogP contribution >= 0.6 is 23.2 Å². The second kappa shape index (κ2) is 7.73. The quantitative estimate of drug-likeness (QED) is 0.725. The van der Waals surface area contributed by atoms with Gasteiger partial charge in [0.25, 0.3) is 0 Å². The van der Waals surface area contributed by atoms with Crippen molar-refractivity contribution < 1.29 is 9.18 Å². The first kappa shape index (κ1) is 18.2. The molecule has 1 fully saturated rings. The van der Waals surface area contributed by atoms with Crippen molar-refractivity contribution in [2.75, 3.05) is 31.1 Å². The lowest BCUT2D eigenvalue weighted by atomic mass is 10.1. The minimum absolute atomic E-state index is 0.00308. The van der Waals surface area contributed by atoms with Crippen molar-refractivity contribution in [3.8, 4) is 0 Å². The molecule has 2 aromatic carbocycles. The number of hydrogen-bond donors (Lipinski definition) is 0. The topological polar surface area (TPSA) is 23.6 Å².